The molecule has 0 radical (unpaired) electrons. The fraction of sp³-hybridized carbons (Fsp3) is 0.444. The Morgan fingerprint density at radius 3 is 1.78 bits per heavy atom. The van der Waals surface area contributed by atoms with Crippen LogP contribution >= 0.6 is 0 Å². The van der Waals surface area contributed by atoms with Gasteiger partial charge in [0.05, 0.1) is 28.9 Å². The number of nitrogens with one attached hydrogen (secondary N) is 2. The van der Waals surface area contributed by atoms with E-state index < -0.39 is 6.10 Å². The summed E-state index contributed by atoms with van der Waals surface area (Å²) in [5.74, 6) is 0. The van der Waals surface area contributed by atoms with Crippen LogP contribution < -0.4 is 0 Å². The van der Waals surface area contributed by atoms with Crippen molar-refractivity contribution in [2.75, 3.05) is 0 Å². The van der Waals surface area contributed by atoms with Gasteiger partial charge in [-0.05, 0) is 115 Å². The van der Waals surface area contributed by atoms with Crippen molar-refractivity contribution in [3.8, 4) is 0 Å². The maximum atomic E-state index is 11.0. The predicted molar refractivity (Wildman–Crippen MR) is 173 cm³/mol. The maximum Gasteiger partial charge on any atom is 0.0785 e. The first-order chi connectivity index (χ1) is 19.9. The quantitative estimate of drug-likeness (QED) is 0.276. The van der Waals surface area contributed by atoms with Crippen LogP contribution in [-0.4, -0.2) is 25.0 Å². The molecule has 0 aromatic carbocycles. The van der Waals surface area contributed by atoms with Crippen molar-refractivity contribution in [2.45, 2.75) is 106 Å². The van der Waals surface area contributed by atoms with Crippen molar-refractivity contribution in [3.05, 3.63) is 68.8 Å². The van der Waals surface area contributed by atoms with Gasteiger partial charge in [0.1, 0.15) is 0 Å². The van der Waals surface area contributed by atoms with Crippen LogP contribution in [0.2, 0.25) is 0 Å². The van der Waals surface area contributed by atoms with Crippen molar-refractivity contribution in [2.24, 2.45) is 0 Å². The van der Waals surface area contributed by atoms with Crippen molar-refractivity contribution in [1.29, 1.82) is 0 Å². The first-order valence-electron chi connectivity index (χ1n) is 15.8. The third-order valence-corrected chi connectivity index (χ3v) is 9.46. The van der Waals surface area contributed by atoms with Gasteiger partial charge in [0.15, 0.2) is 0 Å². The largest absolute Gasteiger partial charge is 0.389 e. The number of rotatable bonds is 7. The molecule has 5 nitrogen and oxygen atoms in total. The van der Waals surface area contributed by atoms with E-state index in [-0.39, 0.29) is 0 Å². The molecule has 1 unspecified atom stereocenters. The van der Waals surface area contributed by atoms with E-state index in [2.05, 4.69) is 69.7 Å². The summed E-state index contributed by atoms with van der Waals surface area (Å²) in [6.07, 6.45) is 7.02. The highest BCUT2D eigenvalue weighted by molar-refractivity contribution is 5.99. The summed E-state index contributed by atoms with van der Waals surface area (Å²) in [5, 5.41) is 11.0. The van der Waals surface area contributed by atoms with Gasteiger partial charge in [-0.25, -0.2) is 9.97 Å². The van der Waals surface area contributed by atoms with Gasteiger partial charge in [-0.1, -0.05) is 41.5 Å². The van der Waals surface area contributed by atoms with Crippen molar-refractivity contribution < 1.29 is 5.11 Å². The molecule has 1 aliphatic carbocycles. The molecule has 0 saturated heterocycles. The lowest BCUT2D eigenvalue weighted by molar-refractivity contribution is 0.200. The molecule has 0 amide bonds. The number of allylic oxidation sites excluding steroid dienone is 4. The van der Waals surface area contributed by atoms with E-state index in [1.807, 2.05) is 6.92 Å². The summed E-state index contributed by atoms with van der Waals surface area (Å²) >= 11 is 0. The SMILES string of the molecule is CCC1=C(CC)c2nc1cc1[nH]c(cc3[nH]c(cc4nc5c2CCC5=C4CC)c(CC)c3CC)c(CC)c1C(C)O. The number of H-pyrrole nitrogens is 2. The van der Waals surface area contributed by atoms with Gasteiger partial charge in [-0.2, -0.15) is 0 Å². The van der Waals surface area contributed by atoms with Crippen LogP contribution in [0.5, 0.6) is 0 Å². The van der Waals surface area contributed by atoms with Crippen LogP contribution in [0.25, 0.3) is 44.4 Å². The average molecular weight is 549 g/mol. The second-order valence-electron chi connectivity index (χ2n) is 11.6. The summed E-state index contributed by atoms with van der Waals surface area (Å²) < 4.78 is 0. The Balaban J connectivity index is 1.86. The third-order valence-electron chi connectivity index (χ3n) is 9.46. The number of aryl methyl sites for hydroxylation is 3. The second-order valence-corrected chi connectivity index (χ2v) is 11.6. The first kappa shape index (κ1) is 27.7. The Morgan fingerprint density at radius 2 is 1.17 bits per heavy atom. The normalized spacial score (nSPS) is 15.4. The molecule has 0 spiro atoms. The standard InChI is InChI=1S/C36H44N4O/c1-8-20-21(9-2)29-17-32-25(13-6)34(19(7)41)33(38-32)18-31-22(10-3)24(12-5)35(39-31)27-15-14-26-23(11-4)30(40-36(26)27)16-28(20)37-29/h16-19,37-38,41H,8-15H2,1-7H3. The van der Waals surface area contributed by atoms with Gasteiger partial charge >= 0.3 is 0 Å². The molecular weight excluding hydrogens is 504 g/mol. The summed E-state index contributed by atoms with van der Waals surface area (Å²) in [6.45, 7) is 15.3. The molecule has 1 atom stereocenters. The third kappa shape index (κ3) is 4.23. The Labute approximate surface area is 243 Å². The zero-order chi connectivity index (χ0) is 29.0. The highest BCUT2D eigenvalue weighted by atomic mass is 16.3. The predicted octanol–water partition coefficient (Wildman–Crippen LogP) is 9.05. The molecule has 3 aromatic rings. The van der Waals surface area contributed by atoms with Crippen LogP contribution in [0.4, 0.5) is 0 Å². The molecular formula is C36H44N4O. The average Bonchev–Trinajstić information content (AvgIpc) is 3.74. The van der Waals surface area contributed by atoms with Crippen molar-refractivity contribution >= 4 is 44.4 Å². The number of hydrogen-bond donors (Lipinski definition) is 3. The number of nitrogens with zero attached hydrogens (tertiary/aromatic N) is 2. The van der Waals surface area contributed by atoms with Gasteiger partial charge in [0.25, 0.3) is 0 Å². The van der Waals surface area contributed by atoms with Crippen LogP contribution in [0.15, 0.2) is 18.2 Å². The summed E-state index contributed by atoms with van der Waals surface area (Å²) in [5.41, 5.74) is 20.4. The van der Waals surface area contributed by atoms with Crippen LogP contribution in [0.1, 0.15) is 131 Å². The number of aromatic nitrogens is 4. The molecule has 6 rings (SSSR count). The molecule has 41 heavy (non-hydrogen) atoms. The lowest BCUT2D eigenvalue weighted by Crippen LogP contribution is -1.94. The zero-order valence-corrected chi connectivity index (χ0v) is 25.8. The minimum absolute atomic E-state index is 0.586. The van der Waals surface area contributed by atoms with Gasteiger partial charge in [-0.15, -0.1) is 0 Å². The molecule has 8 bridgehead atoms. The summed E-state index contributed by atoms with van der Waals surface area (Å²) in [7, 11) is 0. The maximum absolute atomic E-state index is 11.0. The molecule has 214 valence electrons. The first-order valence-corrected chi connectivity index (χ1v) is 15.8. The van der Waals surface area contributed by atoms with Crippen molar-refractivity contribution in [1.82, 2.24) is 19.9 Å². The van der Waals surface area contributed by atoms with Gasteiger partial charge in [-0.3, -0.25) is 0 Å². The van der Waals surface area contributed by atoms with E-state index in [9.17, 15) is 5.11 Å². The van der Waals surface area contributed by atoms with Crippen molar-refractivity contribution in [3.63, 3.8) is 0 Å². The summed E-state index contributed by atoms with van der Waals surface area (Å²) in [4.78, 5) is 18.2. The number of hydrogen-bond acceptors (Lipinski definition) is 3. The molecule has 0 fully saturated rings. The second kappa shape index (κ2) is 10.8. The van der Waals surface area contributed by atoms with E-state index in [4.69, 9.17) is 9.97 Å². The Kier molecular flexibility index (Phi) is 7.27. The minimum Gasteiger partial charge on any atom is -0.389 e. The molecule has 0 saturated carbocycles. The van der Waals surface area contributed by atoms with E-state index in [1.54, 1.807) is 0 Å². The smallest absolute Gasteiger partial charge is 0.0785 e. The highest BCUT2D eigenvalue weighted by Crippen LogP contribution is 2.46. The van der Waals surface area contributed by atoms with Gasteiger partial charge < -0.3 is 15.1 Å². The van der Waals surface area contributed by atoms with Crippen LogP contribution in [0.3, 0.4) is 0 Å². The van der Waals surface area contributed by atoms with Crippen LogP contribution in [0, 0.1) is 0 Å². The monoisotopic (exact) mass is 548 g/mol. The highest BCUT2D eigenvalue weighted by Gasteiger charge is 2.31. The lowest BCUT2D eigenvalue weighted by atomic mass is 9.97. The number of fused-ring (bicyclic) bond motifs is 8. The number of aromatic amines is 2. The number of aliphatic hydroxyl groups is 1. The zero-order valence-electron chi connectivity index (χ0n) is 25.8. The van der Waals surface area contributed by atoms with E-state index in [1.165, 1.54) is 50.1 Å². The minimum atomic E-state index is -0.586. The molecule has 5 heteroatoms. The molecule has 3 aromatic heterocycles. The molecule has 3 aliphatic rings. The van der Waals surface area contributed by atoms with E-state index in [0.717, 1.165) is 96.3 Å². The van der Waals surface area contributed by atoms with Gasteiger partial charge in [0, 0.05) is 33.2 Å². The Morgan fingerprint density at radius 1 is 0.634 bits per heavy atom. The molecule has 5 heterocycles. The van der Waals surface area contributed by atoms with Gasteiger partial charge in [0.2, 0.25) is 0 Å². The van der Waals surface area contributed by atoms with E-state index >= 15 is 0 Å². The Bertz CT molecular complexity index is 1780. The summed E-state index contributed by atoms with van der Waals surface area (Å²) in [6, 6.07) is 6.75. The topological polar surface area (TPSA) is 77.6 Å². The fourth-order valence-electron chi connectivity index (χ4n) is 7.67. The number of aliphatic hydroxyl groups excluding tert-OH is 1. The lowest BCUT2D eigenvalue weighted by Gasteiger charge is -2.06. The molecule has 3 N–H and O–H groups in total. The molecule has 2 aliphatic heterocycles. The fourth-order valence-corrected chi connectivity index (χ4v) is 7.67. The van der Waals surface area contributed by atoms with Crippen LogP contribution in [-0.2, 0) is 25.7 Å². The Hall–Kier alpha value is -3.44. The van der Waals surface area contributed by atoms with E-state index in [0.29, 0.717) is 0 Å².